The molecule has 24 heavy (non-hydrogen) atoms. The first-order chi connectivity index (χ1) is 10.7. The molecule has 140 valence electrons. The molecule has 0 N–H and O–H groups in total. The largest absolute Gasteiger partial charge is 0.373 e. The molecule has 0 aromatic rings. The molecule has 0 spiro atoms. The lowest BCUT2D eigenvalue weighted by molar-refractivity contribution is -0.0616. The Bertz CT molecular complexity index is 580. The Morgan fingerprint density at radius 3 is 2.21 bits per heavy atom. The monoisotopic (exact) mass is 358 g/mol. The van der Waals surface area contributed by atoms with Crippen LogP contribution in [-0.2, 0) is 14.8 Å². The van der Waals surface area contributed by atoms with Crippen molar-refractivity contribution < 1.29 is 13.2 Å². The van der Waals surface area contributed by atoms with Crippen molar-refractivity contribution in [1.82, 2.24) is 4.31 Å². The minimum absolute atomic E-state index is 0.00913. The van der Waals surface area contributed by atoms with Crippen LogP contribution >= 0.6 is 0 Å². The maximum Gasteiger partial charge on any atom is 0.211 e. The third-order valence-corrected chi connectivity index (χ3v) is 5.78. The van der Waals surface area contributed by atoms with E-state index >= 15 is 0 Å². The SMILES string of the molecule is CC(OC(CC1=NCC=C1)CN(C(C)(C)C)S(C)(=O)=O)C(C)(C)C. The summed E-state index contributed by atoms with van der Waals surface area (Å²) in [5.74, 6) is 0. The second-order valence-electron chi connectivity index (χ2n) is 8.67. The second kappa shape index (κ2) is 7.67. The van der Waals surface area contributed by atoms with Crippen LogP contribution in [0.15, 0.2) is 17.1 Å². The van der Waals surface area contributed by atoms with Gasteiger partial charge in [0.1, 0.15) is 0 Å². The molecule has 0 fully saturated rings. The zero-order valence-electron chi connectivity index (χ0n) is 16.5. The average Bonchev–Trinajstić information content (AvgIpc) is 2.84. The van der Waals surface area contributed by atoms with Crippen molar-refractivity contribution in [3.63, 3.8) is 0 Å². The third kappa shape index (κ3) is 6.65. The van der Waals surface area contributed by atoms with Crippen molar-refractivity contribution in [2.75, 3.05) is 19.3 Å². The molecular formula is C18H34N2O3S. The number of sulfonamides is 1. The van der Waals surface area contributed by atoms with Crippen molar-refractivity contribution in [1.29, 1.82) is 0 Å². The van der Waals surface area contributed by atoms with Gasteiger partial charge in [-0.25, -0.2) is 8.42 Å². The quantitative estimate of drug-likeness (QED) is 0.702. The molecule has 5 nitrogen and oxygen atoms in total. The molecule has 0 saturated carbocycles. The normalized spacial score (nSPS) is 18.8. The lowest BCUT2D eigenvalue weighted by atomic mass is 9.90. The Kier molecular flexibility index (Phi) is 6.81. The number of aliphatic imine (C=N–C) groups is 1. The van der Waals surface area contributed by atoms with Crippen molar-refractivity contribution in [2.45, 2.75) is 72.6 Å². The van der Waals surface area contributed by atoms with Crippen LogP contribution in [0, 0.1) is 5.41 Å². The van der Waals surface area contributed by atoms with E-state index in [4.69, 9.17) is 4.74 Å². The molecule has 6 heteroatoms. The summed E-state index contributed by atoms with van der Waals surface area (Å²) in [5, 5.41) is 0. The van der Waals surface area contributed by atoms with Crippen LogP contribution in [0.5, 0.6) is 0 Å². The minimum atomic E-state index is -3.33. The molecule has 0 radical (unpaired) electrons. The van der Waals surface area contributed by atoms with Gasteiger partial charge in [-0.05, 0) is 39.2 Å². The fourth-order valence-corrected chi connectivity index (χ4v) is 3.95. The van der Waals surface area contributed by atoms with Crippen molar-refractivity contribution in [3.05, 3.63) is 12.2 Å². The van der Waals surface area contributed by atoms with E-state index in [0.29, 0.717) is 19.5 Å². The molecule has 0 bridgehead atoms. The van der Waals surface area contributed by atoms with E-state index in [-0.39, 0.29) is 17.6 Å². The number of nitrogens with zero attached hydrogens (tertiary/aromatic N) is 2. The first kappa shape index (κ1) is 21.3. The van der Waals surface area contributed by atoms with Crippen LogP contribution in [0.1, 0.15) is 54.9 Å². The summed E-state index contributed by atoms with van der Waals surface area (Å²) in [6.45, 7) is 15.2. The van der Waals surface area contributed by atoms with E-state index in [0.717, 1.165) is 5.71 Å². The number of hydrogen-bond acceptors (Lipinski definition) is 4. The molecule has 0 aromatic heterocycles. The summed E-state index contributed by atoms with van der Waals surface area (Å²) in [6.07, 6.45) is 5.68. The van der Waals surface area contributed by atoms with Crippen LogP contribution in [0.3, 0.4) is 0 Å². The Balaban J connectivity index is 3.00. The van der Waals surface area contributed by atoms with Crippen LogP contribution in [0.25, 0.3) is 0 Å². The van der Waals surface area contributed by atoms with E-state index in [9.17, 15) is 8.42 Å². The fraction of sp³-hybridized carbons (Fsp3) is 0.833. The fourth-order valence-electron chi connectivity index (χ4n) is 2.52. The molecule has 0 amide bonds. The predicted molar refractivity (Wildman–Crippen MR) is 101 cm³/mol. The molecule has 2 atom stereocenters. The van der Waals surface area contributed by atoms with Gasteiger partial charge in [0.25, 0.3) is 0 Å². The zero-order chi connectivity index (χ0) is 18.8. The van der Waals surface area contributed by atoms with Crippen molar-refractivity contribution in [3.8, 4) is 0 Å². The molecule has 1 aliphatic rings. The van der Waals surface area contributed by atoms with Crippen LogP contribution in [0.2, 0.25) is 0 Å². The molecule has 0 aromatic carbocycles. The average molecular weight is 359 g/mol. The second-order valence-corrected chi connectivity index (χ2v) is 10.6. The molecule has 0 saturated heterocycles. The molecule has 2 unspecified atom stereocenters. The summed E-state index contributed by atoms with van der Waals surface area (Å²) in [7, 11) is -3.33. The summed E-state index contributed by atoms with van der Waals surface area (Å²) in [5.41, 5.74) is 0.472. The van der Waals surface area contributed by atoms with Gasteiger partial charge < -0.3 is 4.74 Å². The highest BCUT2D eigenvalue weighted by atomic mass is 32.2. The highest BCUT2D eigenvalue weighted by molar-refractivity contribution is 7.88. The van der Waals surface area contributed by atoms with Gasteiger partial charge in [0, 0.05) is 24.2 Å². The number of rotatable bonds is 7. The van der Waals surface area contributed by atoms with E-state index in [1.54, 1.807) is 0 Å². The minimum Gasteiger partial charge on any atom is -0.373 e. The number of hydrogen-bond donors (Lipinski definition) is 0. The Labute approximate surface area is 148 Å². The van der Waals surface area contributed by atoms with Crippen molar-refractivity contribution >= 4 is 15.7 Å². The van der Waals surface area contributed by atoms with Gasteiger partial charge in [-0.1, -0.05) is 26.8 Å². The van der Waals surface area contributed by atoms with E-state index in [1.807, 2.05) is 39.8 Å². The highest BCUT2D eigenvalue weighted by Gasteiger charge is 2.34. The number of ether oxygens (including phenoxy) is 1. The van der Waals surface area contributed by atoms with Gasteiger partial charge in [-0.15, -0.1) is 0 Å². The smallest absolute Gasteiger partial charge is 0.211 e. The molecular weight excluding hydrogens is 324 g/mol. The Morgan fingerprint density at radius 2 is 1.83 bits per heavy atom. The zero-order valence-corrected chi connectivity index (χ0v) is 17.3. The van der Waals surface area contributed by atoms with Gasteiger partial charge in [-0.2, -0.15) is 4.31 Å². The van der Waals surface area contributed by atoms with Crippen molar-refractivity contribution in [2.24, 2.45) is 10.4 Å². The topological polar surface area (TPSA) is 59.0 Å². The maximum absolute atomic E-state index is 12.3. The molecule has 0 aliphatic carbocycles. The van der Waals surface area contributed by atoms with E-state index in [2.05, 4.69) is 25.8 Å². The van der Waals surface area contributed by atoms with Crippen LogP contribution in [0.4, 0.5) is 0 Å². The van der Waals surface area contributed by atoms with Crippen LogP contribution in [-0.4, -0.2) is 55.5 Å². The molecule has 1 heterocycles. The summed E-state index contributed by atoms with van der Waals surface area (Å²) in [6, 6.07) is 0. The first-order valence-electron chi connectivity index (χ1n) is 8.54. The van der Waals surface area contributed by atoms with Gasteiger partial charge >= 0.3 is 0 Å². The summed E-state index contributed by atoms with van der Waals surface area (Å²) < 4.78 is 32.3. The lowest BCUT2D eigenvalue weighted by Gasteiger charge is -2.38. The Morgan fingerprint density at radius 1 is 1.25 bits per heavy atom. The summed E-state index contributed by atoms with van der Waals surface area (Å²) in [4.78, 5) is 4.43. The lowest BCUT2D eigenvalue weighted by Crippen LogP contribution is -2.50. The summed E-state index contributed by atoms with van der Waals surface area (Å²) >= 11 is 0. The highest BCUT2D eigenvalue weighted by Crippen LogP contribution is 2.26. The van der Waals surface area contributed by atoms with Gasteiger partial charge in [0.15, 0.2) is 0 Å². The maximum atomic E-state index is 12.3. The van der Waals surface area contributed by atoms with E-state index < -0.39 is 15.6 Å². The van der Waals surface area contributed by atoms with Gasteiger partial charge in [0.05, 0.1) is 25.0 Å². The Hall–Kier alpha value is -0.720. The van der Waals surface area contributed by atoms with Gasteiger partial charge in [0.2, 0.25) is 10.0 Å². The standard InChI is InChI=1S/C18H34N2O3S/c1-14(17(2,3)4)23-16(12-15-10-9-11-19-15)13-20(18(5,6)7)24(8,21)22/h9-10,14,16H,11-13H2,1-8H3. The van der Waals surface area contributed by atoms with Gasteiger partial charge in [-0.3, -0.25) is 4.99 Å². The van der Waals surface area contributed by atoms with Crippen LogP contribution < -0.4 is 0 Å². The third-order valence-electron chi connectivity index (χ3n) is 4.28. The van der Waals surface area contributed by atoms with E-state index in [1.165, 1.54) is 10.6 Å². The predicted octanol–water partition coefficient (Wildman–Crippen LogP) is 3.27. The first-order valence-corrected chi connectivity index (χ1v) is 10.4. The number of allylic oxidation sites excluding steroid dienone is 1. The molecule has 1 rings (SSSR count). The molecule has 1 aliphatic heterocycles.